The second kappa shape index (κ2) is 7.23. The molecule has 0 bridgehead atoms. The maximum Gasteiger partial charge on any atom is 0.0514 e. The van der Waals surface area contributed by atoms with Gasteiger partial charge in [-0.15, -0.1) is 0 Å². The molecule has 0 heterocycles. The molecule has 0 saturated carbocycles. The lowest BCUT2D eigenvalue weighted by atomic mass is 10.2. The Balaban J connectivity index is 4.19. The van der Waals surface area contributed by atoms with E-state index < -0.39 is 8.07 Å². The molecule has 0 aliphatic carbocycles. The highest BCUT2D eigenvalue weighted by atomic mass is 28.3. The fraction of sp³-hybridized carbons (Fsp3) is 0.846. The fourth-order valence-electron chi connectivity index (χ4n) is 1.91. The maximum atomic E-state index is 2.52. The van der Waals surface area contributed by atoms with Gasteiger partial charge in [-0.2, -0.15) is 0 Å². The van der Waals surface area contributed by atoms with Crippen LogP contribution in [0.25, 0.3) is 0 Å². The largest absolute Gasteiger partial charge is 0.304 e. The van der Waals surface area contributed by atoms with E-state index in [9.17, 15) is 0 Å². The van der Waals surface area contributed by atoms with Gasteiger partial charge < -0.3 is 4.90 Å². The molecule has 0 N–H and O–H groups in total. The van der Waals surface area contributed by atoms with Crippen LogP contribution < -0.4 is 0 Å². The summed E-state index contributed by atoms with van der Waals surface area (Å²) in [5.74, 6) is 0. The SMILES string of the molecule is C/C=C/C(CCN(CC)CC)[Si](C)(C)C. The van der Waals surface area contributed by atoms with Gasteiger partial charge in [0.05, 0.1) is 8.07 Å². The third-order valence-electron chi connectivity index (χ3n) is 3.19. The van der Waals surface area contributed by atoms with Crippen molar-refractivity contribution in [2.24, 2.45) is 0 Å². The molecule has 0 aromatic carbocycles. The third kappa shape index (κ3) is 6.16. The van der Waals surface area contributed by atoms with Crippen LogP contribution in [0.4, 0.5) is 0 Å². The van der Waals surface area contributed by atoms with Crippen molar-refractivity contribution in [1.82, 2.24) is 4.90 Å². The van der Waals surface area contributed by atoms with Gasteiger partial charge in [0.2, 0.25) is 0 Å². The summed E-state index contributed by atoms with van der Waals surface area (Å²) in [6, 6.07) is 0. The minimum absolute atomic E-state index is 0.836. The molecule has 0 spiro atoms. The van der Waals surface area contributed by atoms with Crippen LogP contribution in [0.3, 0.4) is 0 Å². The van der Waals surface area contributed by atoms with Gasteiger partial charge >= 0.3 is 0 Å². The van der Waals surface area contributed by atoms with Crippen LogP contribution in [0.15, 0.2) is 12.2 Å². The van der Waals surface area contributed by atoms with Gasteiger partial charge in [-0.05, 0) is 38.5 Å². The highest BCUT2D eigenvalue weighted by Gasteiger charge is 2.24. The van der Waals surface area contributed by atoms with Crippen LogP contribution in [0.1, 0.15) is 27.2 Å². The molecule has 90 valence electrons. The van der Waals surface area contributed by atoms with Crippen molar-refractivity contribution < 1.29 is 0 Å². The van der Waals surface area contributed by atoms with Gasteiger partial charge in [0, 0.05) is 0 Å². The zero-order valence-corrected chi connectivity index (χ0v) is 12.5. The van der Waals surface area contributed by atoms with Crippen LogP contribution in [0.2, 0.25) is 25.2 Å². The molecule has 0 aliphatic rings. The first-order valence-corrected chi connectivity index (χ1v) is 9.88. The van der Waals surface area contributed by atoms with Crippen LogP contribution in [0.5, 0.6) is 0 Å². The van der Waals surface area contributed by atoms with Gasteiger partial charge in [-0.1, -0.05) is 45.6 Å². The van der Waals surface area contributed by atoms with E-state index in [1.807, 2.05) is 0 Å². The number of rotatable bonds is 7. The summed E-state index contributed by atoms with van der Waals surface area (Å²) < 4.78 is 0. The Morgan fingerprint density at radius 3 is 2.00 bits per heavy atom. The van der Waals surface area contributed by atoms with E-state index in [0.717, 1.165) is 5.54 Å². The van der Waals surface area contributed by atoms with Gasteiger partial charge in [-0.25, -0.2) is 0 Å². The van der Waals surface area contributed by atoms with Crippen LogP contribution in [0, 0.1) is 0 Å². The molecule has 15 heavy (non-hydrogen) atoms. The van der Waals surface area contributed by atoms with Gasteiger partial charge in [0.1, 0.15) is 0 Å². The lowest BCUT2D eigenvalue weighted by molar-refractivity contribution is 0.300. The molecule has 1 unspecified atom stereocenters. The minimum atomic E-state index is -1.01. The van der Waals surface area contributed by atoms with E-state index in [1.54, 1.807) is 0 Å². The lowest BCUT2D eigenvalue weighted by Gasteiger charge is -2.28. The Morgan fingerprint density at radius 1 is 1.13 bits per heavy atom. The molecular formula is C13H29NSi. The quantitative estimate of drug-likeness (QED) is 0.469. The highest BCUT2D eigenvalue weighted by molar-refractivity contribution is 6.78. The normalized spacial score (nSPS) is 15.1. The van der Waals surface area contributed by atoms with E-state index in [4.69, 9.17) is 0 Å². The van der Waals surface area contributed by atoms with Gasteiger partial charge in [0.15, 0.2) is 0 Å². The Labute approximate surface area is 97.6 Å². The van der Waals surface area contributed by atoms with Crippen molar-refractivity contribution in [2.75, 3.05) is 19.6 Å². The average Bonchev–Trinajstić information content (AvgIpc) is 2.16. The number of hydrogen-bond acceptors (Lipinski definition) is 1. The van der Waals surface area contributed by atoms with E-state index in [1.165, 1.54) is 26.1 Å². The summed E-state index contributed by atoms with van der Waals surface area (Å²) in [7, 11) is -1.01. The van der Waals surface area contributed by atoms with Crippen molar-refractivity contribution >= 4 is 8.07 Å². The van der Waals surface area contributed by atoms with Gasteiger partial charge in [0.25, 0.3) is 0 Å². The average molecular weight is 227 g/mol. The van der Waals surface area contributed by atoms with E-state index in [2.05, 4.69) is 57.5 Å². The van der Waals surface area contributed by atoms with Gasteiger partial charge in [-0.3, -0.25) is 0 Å². The van der Waals surface area contributed by atoms with Crippen molar-refractivity contribution in [1.29, 1.82) is 0 Å². The molecule has 0 aromatic heterocycles. The van der Waals surface area contributed by atoms with Crippen molar-refractivity contribution in [3.8, 4) is 0 Å². The van der Waals surface area contributed by atoms with Crippen molar-refractivity contribution in [3.05, 3.63) is 12.2 Å². The van der Waals surface area contributed by atoms with Crippen LogP contribution in [-0.2, 0) is 0 Å². The standard InChI is InChI=1S/C13H29NSi/c1-7-10-13(15(4,5)6)11-12-14(8-2)9-3/h7,10,13H,8-9,11-12H2,1-6H3/b10-7+. The lowest BCUT2D eigenvalue weighted by Crippen LogP contribution is -2.31. The molecule has 1 atom stereocenters. The molecule has 0 amide bonds. The molecule has 0 saturated heterocycles. The molecule has 0 aromatic rings. The molecule has 0 rings (SSSR count). The molecular weight excluding hydrogens is 198 g/mol. The molecule has 0 aliphatic heterocycles. The van der Waals surface area contributed by atoms with Crippen molar-refractivity contribution in [3.63, 3.8) is 0 Å². The summed E-state index contributed by atoms with van der Waals surface area (Å²) in [6.07, 6.45) is 5.99. The maximum absolute atomic E-state index is 2.52. The monoisotopic (exact) mass is 227 g/mol. The third-order valence-corrected chi connectivity index (χ3v) is 5.89. The molecule has 0 radical (unpaired) electrons. The first kappa shape index (κ1) is 14.9. The van der Waals surface area contributed by atoms with E-state index in [0.29, 0.717) is 0 Å². The topological polar surface area (TPSA) is 3.24 Å². The minimum Gasteiger partial charge on any atom is -0.304 e. The number of hydrogen-bond donors (Lipinski definition) is 0. The zero-order valence-electron chi connectivity index (χ0n) is 11.5. The predicted molar refractivity (Wildman–Crippen MR) is 74.3 cm³/mol. The summed E-state index contributed by atoms with van der Waals surface area (Å²) >= 11 is 0. The van der Waals surface area contributed by atoms with Crippen LogP contribution in [-0.4, -0.2) is 32.6 Å². The van der Waals surface area contributed by atoms with E-state index >= 15 is 0 Å². The summed E-state index contributed by atoms with van der Waals surface area (Å²) in [5, 5.41) is 0. The Morgan fingerprint density at radius 2 is 1.67 bits per heavy atom. The molecule has 0 fully saturated rings. The molecule has 1 nitrogen and oxygen atoms in total. The summed E-state index contributed by atoms with van der Waals surface area (Å²) in [5.41, 5.74) is 0.836. The second-order valence-corrected chi connectivity index (χ2v) is 10.8. The first-order valence-electron chi connectivity index (χ1n) is 6.30. The number of allylic oxidation sites excluding steroid dienone is 2. The van der Waals surface area contributed by atoms with Crippen molar-refractivity contribution in [2.45, 2.75) is 52.4 Å². The number of nitrogens with zero attached hydrogens (tertiary/aromatic N) is 1. The summed E-state index contributed by atoms with van der Waals surface area (Å²) in [6.45, 7) is 17.7. The Bertz CT molecular complexity index is 177. The fourth-order valence-corrected chi connectivity index (χ4v) is 3.68. The van der Waals surface area contributed by atoms with E-state index in [-0.39, 0.29) is 0 Å². The zero-order chi connectivity index (χ0) is 11.9. The second-order valence-electron chi connectivity index (χ2n) is 5.31. The van der Waals surface area contributed by atoms with Crippen LogP contribution >= 0.6 is 0 Å². The smallest absolute Gasteiger partial charge is 0.0514 e. The Kier molecular flexibility index (Phi) is 7.19. The highest BCUT2D eigenvalue weighted by Crippen LogP contribution is 2.27. The predicted octanol–water partition coefficient (Wildman–Crippen LogP) is 4.00. The molecule has 2 heteroatoms. The Hall–Kier alpha value is -0.0831. The summed E-state index contributed by atoms with van der Waals surface area (Å²) in [4.78, 5) is 2.52. The first-order chi connectivity index (χ1) is 6.95.